The van der Waals surface area contributed by atoms with Crippen LogP contribution in [0.1, 0.15) is 58.0 Å². The van der Waals surface area contributed by atoms with Crippen LogP contribution >= 0.6 is 22.7 Å². The Hall–Kier alpha value is -3.60. The summed E-state index contributed by atoms with van der Waals surface area (Å²) in [4.78, 5) is 27.0. The summed E-state index contributed by atoms with van der Waals surface area (Å²) in [6, 6.07) is 7.76. The van der Waals surface area contributed by atoms with Crippen molar-refractivity contribution in [2.24, 2.45) is 0 Å². The number of carbonyl (C=O) groups is 2. The number of benzene rings is 2. The van der Waals surface area contributed by atoms with Gasteiger partial charge in [0.05, 0.1) is 65.6 Å². The highest BCUT2D eigenvalue weighted by Gasteiger charge is 2.21. The van der Waals surface area contributed by atoms with Crippen molar-refractivity contribution in [3.8, 4) is 34.5 Å². The minimum atomic E-state index is -0.263. The first-order valence-corrected chi connectivity index (χ1v) is 18.7. The summed E-state index contributed by atoms with van der Waals surface area (Å²) in [5, 5.41) is 0. The first-order valence-electron chi connectivity index (χ1n) is 17.0. The number of thiazole rings is 2. The molecule has 0 aliphatic rings. The van der Waals surface area contributed by atoms with Crippen molar-refractivity contribution in [2.75, 3.05) is 55.9 Å². The van der Waals surface area contributed by atoms with Gasteiger partial charge in [-0.2, -0.15) is 9.13 Å². The quantitative estimate of drug-likeness (QED) is 0.0622. The highest BCUT2D eigenvalue weighted by molar-refractivity contribution is 7.09. The number of methoxy groups -OCH3 is 6. The van der Waals surface area contributed by atoms with Crippen LogP contribution in [0.5, 0.6) is 34.5 Å². The van der Waals surface area contributed by atoms with E-state index < -0.39 is 0 Å². The maximum Gasteiger partial charge on any atom is 0.305 e. The van der Waals surface area contributed by atoms with E-state index in [0.29, 0.717) is 86.5 Å². The second-order valence-corrected chi connectivity index (χ2v) is 13.8. The second kappa shape index (κ2) is 23.3. The van der Waals surface area contributed by atoms with E-state index >= 15 is 0 Å². The molecule has 0 bridgehead atoms. The summed E-state index contributed by atoms with van der Waals surface area (Å²) >= 11 is 3.26. The van der Waals surface area contributed by atoms with Crippen molar-refractivity contribution in [3.05, 3.63) is 67.6 Å². The Bertz CT molecular complexity index is 1630. The fourth-order valence-corrected chi connectivity index (χ4v) is 7.69. The third-order valence-electron chi connectivity index (χ3n) is 8.66. The van der Waals surface area contributed by atoms with Crippen molar-refractivity contribution in [2.45, 2.75) is 65.5 Å². The van der Waals surface area contributed by atoms with Crippen LogP contribution in [0.15, 0.2) is 35.3 Å². The maximum atomic E-state index is 12.4. The summed E-state index contributed by atoms with van der Waals surface area (Å²) in [5.74, 6) is 3.03. The van der Waals surface area contributed by atoms with Gasteiger partial charge in [-0.15, -0.1) is 0 Å². The van der Waals surface area contributed by atoms with Gasteiger partial charge in [-0.25, -0.2) is 0 Å². The number of hydrogen-bond donors (Lipinski definition) is 0. The maximum absolute atomic E-state index is 12.4. The Balaban J connectivity index is 0.00000504. The molecule has 4 rings (SSSR count). The topological polar surface area (TPSA) is 116 Å². The van der Waals surface area contributed by atoms with Gasteiger partial charge in [0.25, 0.3) is 0 Å². The fourth-order valence-electron chi connectivity index (χ4n) is 5.74. The average molecular weight is 919 g/mol. The largest absolute Gasteiger partial charge is 1.00 e. The van der Waals surface area contributed by atoms with Gasteiger partial charge >= 0.3 is 11.9 Å². The van der Waals surface area contributed by atoms with E-state index in [4.69, 9.17) is 37.9 Å². The number of unbranched alkanes of at least 4 members (excludes halogenated alkanes) is 1. The SMILES string of the molecule is COc1cc(C[n+]2csc(CCOC(=O)CCCCC(=O)OCCc3sc[n+](Cc4cc(OC)c(OC)c(OC)c4)c3C)c2C)cc(OC)c1OC.[Br-].[Br-]. The molecule has 0 amide bonds. The van der Waals surface area contributed by atoms with Crippen LogP contribution in [0.2, 0.25) is 0 Å². The molecule has 2 aromatic carbocycles. The fraction of sp³-hybridized carbons (Fsp3) is 0.474. The number of esters is 2. The van der Waals surface area contributed by atoms with E-state index in [1.54, 1.807) is 65.3 Å². The first-order chi connectivity index (χ1) is 25.1. The molecule has 0 N–H and O–H groups in total. The number of aromatic nitrogens is 2. The lowest BCUT2D eigenvalue weighted by atomic mass is 10.1. The summed E-state index contributed by atoms with van der Waals surface area (Å²) in [6.07, 6.45) is 2.91. The lowest BCUT2D eigenvalue weighted by Crippen LogP contribution is -3.00. The normalized spacial score (nSPS) is 10.4. The Morgan fingerprint density at radius 2 is 0.889 bits per heavy atom. The van der Waals surface area contributed by atoms with Crippen molar-refractivity contribution in [3.63, 3.8) is 0 Å². The van der Waals surface area contributed by atoms with Crippen molar-refractivity contribution >= 4 is 34.6 Å². The minimum absolute atomic E-state index is 0. The van der Waals surface area contributed by atoms with Crippen LogP contribution in [-0.2, 0) is 45.0 Å². The van der Waals surface area contributed by atoms with Gasteiger partial charge in [0.15, 0.2) is 47.5 Å². The van der Waals surface area contributed by atoms with Gasteiger partial charge in [0.1, 0.15) is 0 Å². The van der Waals surface area contributed by atoms with Gasteiger partial charge in [0.2, 0.25) is 22.5 Å². The molecule has 2 aromatic heterocycles. The van der Waals surface area contributed by atoms with E-state index in [0.717, 1.165) is 32.3 Å². The zero-order chi connectivity index (χ0) is 37.6. The molecule has 54 heavy (non-hydrogen) atoms. The van der Waals surface area contributed by atoms with Crippen molar-refractivity contribution in [1.29, 1.82) is 0 Å². The van der Waals surface area contributed by atoms with Gasteiger partial charge in [-0.05, 0) is 37.1 Å². The second-order valence-electron chi connectivity index (χ2n) is 11.9. The number of rotatable bonds is 21. The number of carbonyl (C=O) groups excluding carboxylic acids is 2. The molecule has 0 aliphatic heterocycles. The minimum Gasteiger partial charge on any atom is -1.00 e. The van der Waals surface area contributed by atoms with Gasteiger partial charge < -0.3 is 71.9 Å². The molecule has 0 atom stereocenters. The van der Waals surface area contributed by atoms with Crippen LogP contribution in [-0.4, -0.2) is 67.8 Å². The first kappa shape index (κ1) is 46.6. The van der Waals surface area contributed by atoms with E-state index in [9.17, 15) is 9.59 Å². The molecule has 16 heteroatoms. The number of nitrogens with zero attached hydrogens (tertiary/aromatic N) is 2. The number of hydrogen-bond acceptors (Lipinski definition) is 12. The molecule has 298 valence electrons. The third kappa shape index (κ3) is 12.5. The zero-order valence-corrected chi connectivity index (χ0v) is 36.9. The van der Waals surface area contributed by atoms with Crippen LogP contribution in [0.25, 0.3) is 0 Å². The Morgan fingerprint density at radius 1 is 0.556 bits per heavy atom. The molecular formula is C38H50Br2N2O10S2. The standard InChI is InChI=1S/C38H50N2O10S2.2BrH/c1-25-33(51-23-39(25)21-27-17-29(43-3)37(47-7)30(18-27)44-4)13-15-49-35(41)11-9-10-12-36(42)50-16-14-34-26(2)40(24-52-34)22-28-19-31(45-5)38(48-8)32(20-28)46-6;;/h17-20,23-24H,9-16,21-22H2,1-8H3;2*1H/q+2;;/p-2. The summed E-state index contributed by atoms with van der Waals surface area (Å²) in [7, 11) is 9.57. The summed E-state index contributed by atoms with van der Waals surface area (Å²) < 4.78 is 48.1. The van der Waals surface area contributed by atoms with Gasteiger partial charge in [-0.1, -0.05) is 22.7 Å². The summed E-state index contributed by atoms with van der Waals surface area (Å²) in [6.45, 7) is 5.98. The van der Waals surface area contributed by atoms with Crippen molar-refractivity contribution < 1.29 is 90.6 Å². The van der Waals surface area contributed by atoms with E-state index in [1.165, 1.54) is 0 Å². The molecule has 4 aromatic rings. The lowest BCUT2D eigenvalue weighted by molar-refractivity contribution is -0.689. The van der Waals surface area contributed by atoms with E-state index in [1.807, 2.05) is 24.3 Å². The van der Waals surface area contributed by atoms with E-state index in [2.05, 4.69) is 34.0 Å². The molecule has 0 saturated carbocycles. The van der Waals surface area contributed by atoms with Crippen LogP contribution in [0.3, 0.4) is 0 Å². The predicted molar refractivity (Wildman–Crippen MR) is 197 cm³/mol. The Morgan fingerprint density at radius 3 is 1.19 bits per heavy atom. The highest BCUT2D eigenvalue weighted by Crippen LogP contribution is 2.39. The third-order valence-corrected chi connectivity index (χ3v) is 11.0. The number of ether oxygens (including phenoxy) is 8. The molecule has 0 saturated heterocycles. The Kier molecular flexibility index (Phi) is 20.1. The molecule has 0 aliphatic carbocycles. The van der Waals surface area contributed by atoms with E-state index in [-0.39, 0.29) is 58.7 Å². The molecule has 12 nitrogen and oxygen atoms in total. The predicted octanol–water partition coefficient (Wildman–Crippen LogP) is -0.410. The van der Waals surface area contributed by atoms with Gasteiger partial charge in [0, 0.05) is 50.7 Å². The van der Waals surface area contributed by atoms with Gasteiger partial charge in [-0.3, -0.25) is 9.59 Å². The molecule has 0 spiro atoms. The Labute approximate surface area is 346 Å². The van der Waals surface area contributed by atoms with Crippen LogP contribution in [0, 0.1) is 13.8 Å². The average Bonchev–Trinajstić information content (AvgIpc) is 3.68. The molecular weight excluding hydrogens is 868 g/mol. The summed E-state index contributed by atoms with van der Waals surface area (Å²) in [5.41, 5.74) is 8.37. The smallest absolute Gasteiger partial charge is 0.305 e. The molecule has 0 unspecified atom stereocenters. The highest BCUT2D eigenvalue weighted by atomic mass is 79.9. The molecule has 2 heterocycles. The molecule has 0 fully saturated rings. The monoisotopic (exact) mass is 916 g/mol. The lowest BCUT2D eigenvalue weighted by Gasteiger charge is -2.13. The zero-order valence-electron chi connectivity index (χ0n) is 32.1. The van der Waals surface area contributed by atoms with Crippen LogP contribution < -0.4 is 71.5 Å². The molecule has 0 radical (unpaired) electrons. The van der Waals surface area contributed by atoms with Crippen LogP contribution in [0.4, 0.5) is 0 Å². The number of halogens is 2. The van der Waals surface area contributed by atoms with Crippen molar-refractivity contribution in [1.82, 2.24) is 0 Å².